The summed E-state index contributed by atoms with van der Waals surface area (Å²) in [4.78, 5) is 39.5. The van der Waals surface area contributed by atoms with Crippen LogP contribution in [-0.4, -0.2) is 53.2 Å². The molecule has 2 fully saturated rings. The van der Waals surface area contributed by atoms with E-state index in [1.165, 1.54) is 0 Å². The molecule has 33 heavy (non-hydrogen) atoms. The first-order valence-corrected chi connectivity index (χ1v) is 11.1. The third-order valence-corrected chi connectivity index (χ3v) is 5.93. The van der Waals surface area contributed by atoms with Gasteiger partial charge in [-0.3, -0.25) is 9.59 Å². The molecule has 0 aromatic heterocycles. The number of esters is 1. The highest BCUT2D eigenvalue weighted by Crippen LogP contribution is 2.47. The van der Waals surface area contributed by atoms with E-state index in [9.17, 15) is 36.3 Å². The summed E-state index contributed by atoms with van der Waals surface area (Å²) in [7, 11) is 0. The Hall–Kier alpha value is -1.94. The van der Waals surface area contributed by atoms with Crippen molar-refractivity contribution in [2.45, 2.75) is 90.5 Å². The van der Waals surface area contributed by atoms with Crippen LogP contribution in [0.1, 0.15) is 66.7 Å². The Morgan fingerprint density at radius 2 is 1.73 bits per heavy atom. The van der Waals surface area contributed by atoms with Crippen LogP contribution < -0.4 is 0 Å². The van der Waals surface area contributed by atoms with Crippen LogP contribution in [0.3, 0.4) is 0 Å². The molecule has 2 rings (SSSR count). The summed E-state index contributed by atoms with van der Waals surface area (Å²) in [5.41, 5.74) is -1.01. The van der Waals surface area contributed by atoms with Gasteiger partial charge in [0.25, 0.3) is 0 Å². The number of hydrogen-bond donors (Lipinski definition) is 0. The van der Waals surface area contributed by atoms with Gasteiger partial charge < -0.3 is 9.47 Å². The average molecular weight is 485 g/mol. The summed E-state index contributed by atoms with van der Waals surface area (Å²) >= 11 is 0. The van der Waals surface area contributed by atoms with Gasteiger partial charge in [-0.15, -0.1) is 0 Å². The molecule has 1 saturated heterocycles. The normalized spacial score (nSPS) is 23.2. The Bertz CT molecular complexity index is 738. The number of cyclic esters (lactones) is 1. The van der Waals surface area contributed by atoms with E-state index in [4.69, 9.17) is 9.47 Å². The Balaban J connectivity index is 2.39. The lowest BCUT2D eigenvalue weighted by molar-refractivity contribution is -0.172. The predicted octanol–water partition coefficient (Wildman–Crippen LogP) is 5.34. The van der Waals surface area contributed by atoms with Gasteiger partial charge in [0.2, 0.25) is 11.8 Å². The van der Waals surface area contributed by atoms with E-state index in [2.05, 4.69) is 0 Å². The van der Waals surface area contributed by atoms with Crippen LogP contribution in [0.2, 0.25) is 0 Å². The lowest BCUT2D eigenvalue weighted by atomic mass is 9.72. The van der Waals surface area contributed by atoms with Gasteiger partial charge in [-0.25, -0.2) is 18.5 Å². The van der Waals surface area contributed by atoms with Crippen molar-refractivity contribution in [1.82, 2.24) is 4.90 Å². The Morgan fingerprint density at radius 3 is 2.18 bits per heavy atom. The summed E-state index contributed by atoms with van der Waals surface area (Å²) < 4.78 is 76.4. The van der Waals surface area contributed by atoms with Gasteiger partial charge in [-0.2, -0.15) is 13.2 Å². The summed E-state index contributed by atoms with van der Waals surface area (Å²) in [5, 5.41) is 0. The minimum absolute atomic E-state index is 0.111. The third-order valence-electron chi connectivity index (χ3n) is 5.93. The molecule has 0 aromatic rings. The van der Waals surface area contributed by atoms with Crippen molar-refractivity contribution < 1.29 is 45.8 Å². The number of alkyl halides is 5. The van der Waals surface area contributed by atoms with E-state index in [-0.39, 0.29) is 18.9 Å². The minimum atomic E-state index is -4.62. The topological polar surface area (TPSA) is 72.9 Å². The highest BCUT2D eigenvalue weighted by Gasteiger charge is 2.51. The van der Waals surface area contributed by atoms with Crippen molar-refractivity contribution >= 4 is 18.0 Å². The zero-order valence-electron chi connectivity index (χ0n) is 19.5. The second-order valence-corrected chi connectivity index (χ2v) is 10.4. The molecule has 11 heteroatoms. The molecular formula is C22H32F5NO5. The number of nitrogens with zero attached hydrogens (tertiary/aromatic N) is 1. The molecule has 0 bridgehead atoms. The SMILES string of the molecule is CC(C)C1COC(=O)N1C(=O)C(CCC(F)(F)F)C(CC1CC(F)(F)C1)C(=O)OC(C)(C)C. The van der Waals surface area contributed by atoms with Crippen LogP contribution in [0.4, 0.5) is 26.7 Å². The van der Waals surface area contributed by atoms with Gasteiger partial charge in [-0.1, -0.05) is 13.8 Å². The molecule has 1 saturated carbocycles. The lowest BCUT2D eigenvalue weighted by Gasteiger charge is -2.39. The molecule has 1 aliphatic carbocycles. The predicted molar refractivity (Wildman–Crippen MR) is 107 cm³/mol. The first kappa shape index (κ1) is 27.3. The van der Waals surface area contributed by atoms with Gasteiger partial charge in [0.15, 0.2) is 0 Å². The van der Waals surface area contributed by atoms with Crippen LogP contribution in [0.25, 0.3) is 0 Å². The van der Waals surface area contributed by atoms with Gasteiger partial charge in [0.05, 0.1) is 17.9 Å². The number of amides is 2. The lowest BCUT2D eigenvalue weighted by Crippen LogP contribution is -2.49. The molecule has 0 spiro atoms. The maximum absolute atomic E-state index is 13.4. The molecule has 0 N–H and O–H groups in total. The fraction of sp³-hybridized carbons (Fsp3) is 0.864. The van der Waals surface area contributed by atoms with E-state index >= 15 is 0 Å². The first-order chi connectivity index (χ1) is 14.9. The molecule has 2 amide bonds. The monoisotopic (exact) mass is 485 g/mol. The molecule has 190 valence electrons. The Labute approximate surface area is 190 Å². The molecular weight excluding hydrogens is 453 g/mol. The number of hydrogen-bond acceptors (Lipinski definition) is 5. The quantitative estimate of drug-likeness (QED) is 0.343. The summed E-state index contributed by atoms with van der Waals surface area (Å²) in [6.07, 6.45) is -9.03. The number of ether oxygens (including phenoxy) is 2. The minimum Gasteiger partial charge on any atom is -0.460 e. The van der Waals surface area contributed by atoms with Gasteiger partial charge >= 0.3 is 18.2 Å². The van der Waals surface area contributed by atoms with Crippen molar-refractivity contribution in [2.75, 3.05) is 6.61 Å². The summed E-state index contributed by atoms with van der Waals surface area (Å²) in [6.45, 7) is 7.99. The second-order valence-electron chi connectivity index (χ2n) is 10.4. The van der Waals surface area contributed by atoms with Crippen LogP contribution in [0.5, 0.6) is 0 Å². The highest BCUT2D eigenvalue weighted by molar-refractivity contribution is 5.96. The van der Waals surface area contributed by atoms with Gasteiger partial charge in [0.1, 0.15) is 12.2 Å². The van der Waals surface area contributed by atoms with E-state index in [0.717, 1.165) is 4.90 Å². The second kappa shape index (κ2) is 9.74. The fourth-order valence-corrected chi connectivity index (χ4v) is 4.29. The number of carbonyl (C=O) groups is 3. The number of rotatable bonds is 8. The largest absolute Gasteiger partial charge is 0.460 e. The molecule has 0 radical (unpaired) electrons. The number of imide groups is 1. The fourth-order valence-electron chi connectivity index (χ4n) is 4.29. The number of halogens is 5. The van der Waals surface area contributed by atoms with E-state index in [0.29, 0.717) is 0 Å². The van der Waals surface area contributed by atoms with Crippen LogP contribution in [0.15, 0.2) is 0 Å². The zero-order valence-corrected chi connectivity index (χ0v) is 19.5. The van der Waals surface area contributed by atoms with Crippen molar-refractivity contribution in [3.63, 3.8) is 0 Å². The molecule has 2 aliphatic rings. The maximum Gasteiger partial charge on any atom is 0.416 e. The van der Waals surface area contributed by atoms with E-state index in [1.807, 2.05) is 0 Å². The van der Waals surface area contributed by atoms with E-state index < -0.39 is 85.1 Å². The molecule has 0 aromatic carbocycles. The van der Waals surface area contributed by atoms with E-state index in [1.54, 1.807) is 34.6 Å². The molecule has 6 nitrogen and oxygen atoms in total. The smallest absolute Gasteiger partial charge is 0.416 e. The van der Waals surface area contributed by atoms with Crippen molar-refractivity contribution in [1.29, 1.82) is 0 Å². The van der Waals surface area contributed by atoms with Gasteiger partial charge in [-0.05, 0) is 45.4 Å². The molecule has 1 heterocycles. The standard InChI is InChI=1S/C22H32F5NO5/c1-12(2)16-11-32-19(31)28(16)17(29)14(6-7-22(25,26)27)15(18(30)33-20(3,4)5)8-13-9-21(23,24)10-13/h12-16H,6-11H2,1-5H3. The average Bonchev–Trinajstić information content (AvgIpc) is 2.98. The molecule has 3 atom stereocenters. The van der Waals surface area contributed by atoms with Crippen LogP contribution >= 0.6 is 0 Å². The van der Waals surface area contributed by atoms with Crippen LogP contribution in [-0.2, 0) is 19.1 Å². The third kappa shape index (κ3) is 7.53. The summed E-state index contributed by atoms with van der Waals surface area (Å²) in [5.74, 6) is -8.67. The highest BCUT2D eigenvalue weighted by atomic mass is 19.4. The Kier molecular flexibility index (Phi) is 8.06. The summed E-state index contributed by atoms with van der Waals surface area (Å²) in [6, 6.07) is -0.703. The van der Waals surface area contributed by atoms with Crippen molar-refractivity contribution in [3.05, 3.63) is 0 Å². The van der Waals surface area contributed by atoms with Crippen LogP contribution in [0, 0.1) is 23.7 Å². The van der Waals surface area contributed by atoms with Crippen molar-refractivity contribution in [3.8, 4) is 0 Å². The number of carbonyl (C=O) groups excluding carboxylic acids is 3. The molecule has 1 aliphatic heterocycles. The Morgan fingerprint density at radius 1 is 1.15 bits per heavy atom. The van der Waals surface area contributed by atoms with Gasteiger partial charge in [0, 0.05) is 19.3 Å². The first-order valence-electron chi connectivity index (χ1n) is 11.1. The van der Waals surface area contributed by atoms with Crippen molar-refractivity contribution in [2.24, 2.45) is 23.7 Å². The maximum atomic E-state index is 13.4. The molecule has 3 unspecified atom stereocenters. The zero-order chi connectivity index (χ0) is 25.4.